The second kappa shape index (κ2) is 8.55. The molecular formula is C25H21FN4O4S. The van der Waals surface area contributed by atoms with E-state index in [4.69, 9.17) is 9.47 Å². The van der Waals surface area contributed by atoms with Crippen molar-refractivity contribution in [3.63, 3.8) is 0 Å². The number of ether oxygens (including phenoxy) is 2. The van der Waals surface area contributed by atoms with E-state index in [9.17, 15) is 14.0 Å². The van der Waals surface area contributed by atoms with E-state index in [2.05, 4.69) is 9.97 Å². The molecule has 0 unspecified atom stereocenters. The number of hydrogen-bond acceptors (Lipinski definition) is 6. The van der Waals surface area contributed by atoms with Crippen LogP contribution in [0.3, 0.4) is 0 Å². The Morgan fingerprint density at radius 3 is 2.40 bits per heavy atom. The number of aryl methyl sites for hydroxylation is 2. The highest BCUT2D eigenvalue weighted by molar-refractivity contribution is 7.22. The van der Waals surface area contributed by atoms with Crippen LogP contribution in [0.25, 0.3) is 32.0 Å². The molecule has 0 fully saturated rings. The highest BCUT2D eigenvalue weighted by Crippen LogP contribution is 2.38. The van der Waals surface area contributed by atoms with Crippen molar-refractivity contribution in [2.45, 2.75) is 13.8 Å². The molecule has 178 valence electrons. The highest BCUT2D eigenvalue weighted by Gasteiger charge is 2.20. The predicted molar refractivity (Wildman–Crippen MR) is 133 cm³/mol. The van der Waals surface area contributed by atoms with E-state index in [0.717, 1.165) is 32.5 Å². The largest absolute Gasteiger partial charge is 0.495 e. The molecule has 0 saturated carbocycles. The second-order valence-electron chi connectivity index (χ2n) is 7.96. The van der Waals surface area contributed by atoms with Gasteiger partial charge in [0.2, 0.25) is 0 Å². The maximum Gasteiger partial charge on any atom is 0.334 e. The fraction of sp³-hybridized carbons (Fsp3) is 0.160. The lowest BCUT2D eigenvalue weighted by molar-refractivity contribution is 0.408. The zero-order valence-corrected chi connectivity index (χ0v) is 20.2. The molecule has 3 aromatic heterocycles. The maximum absolute atomic E-state index is 13.7. The van der Waals surface area contributed by atoms with Gasteiger partial charge in [0.05, 0.1) is 43.0 Å². The van der Waals surface area contributed by atoms with Crippen molar-refractivity contribution >= 4 is 21.6 Å². The first-order valence-electron chi connectivity index (χ1n) is 10.6. The lowest BCUT2D eigenvalue weighted by atomic mass is 10.1. The number of nitrogens with one attached hydrogen (secondary N) is 1. The smallest absolute Gasteiger partial charge is 0.334 e. The first kappa shape index (κ1) is 22.6. The third kappa shape index (κ3) is 3.71. The van der Waals surface area contributed by atoms with Crippen molar-refractivity contribution in [3.05, 3.63) is 86.8 Å². The van der Waals surface area contributed by atoms with Gasteiger partial charge in [-0.05, 0) is 49.2 Å². The normalized spacial score (nSPS) is 11.2. The van der Waals surface area contributed by atoms with Crippen LogP contribution in [-0.2, 0) is 0 Å². The number of imidazole rings is 1. The van der Waals surface area contributed by atoms with Crippen molar-refractivity contribution in [1.82, 2.24) is 19.1 Å². The van der Waals surface area contributed by atoms with Gasteiger partial charge < -0.3 is 14.0 Å². The molecule has 2 aromatic carbocycles. The van der Waals surface area contributed by atoms with Gasteiger partial charge in [0.15, 0.2) is 0 Å². The molecule has 5 rings (SSSR count). The van der Waals surface area contributed by atoms with Gasteiger partial charge in [-0.3, -0.25) is 9.78 Å². The minimum atomic E-state index is -0.636. The van der Waals surface area contributed by atoms with E-state index in [1.54, 1.807) is 13.4 Å². The summed E-state index contributed by atoms with van der Waals surface area (Å²) in [6.07, 6.45) is 3.62. The summed E-state index contributed by atoms with van der Waals surface area (Å²) in [6.45, 7) is 3.74. The second-order valence-corrected chi connectivity index (χ2v) is 8.98. The molecule has 0 aliphatic carbocycles. The number of rotatable bonds is 5. The molecule has 3 heterocycles. The molecular weight excluding hydrogens is 471 g/mol. The molecule has 10 heteroatoms. The van der Waals surface area contributed by atoms with Gasteiger partial charge in [0, 0.05) is 17.1 Å². The molecule has 0 aliphatic rings. The molecule has 0 saturated heterocycles. The summed E-state index contributed by atoms with van der Waals surface area (Å²) < 4.78 is 27.4. The van der Waals surface area contributed by atoms with E-state index in [-0.39, 0.29) is 11.4 Å². The van der Waals surface area contributed by atoms with Crippen molar-refractivity contribution in [3.8, 4) is 33.3 Å². The number of hydrogen-bond donors (Lipinski definition) is 1. The molecule has 35 heavy (non-hydrogen) atoms. The Morgan fingerprint density at radius 2 is 1.71 bits per heavy atom. The average Bonchev–Trinajstić information content (AvgIpc) is 3.42. The summed E-state index contributed by atoms with van der Waals surface area (Å²) in [4.78, 5) is 34.7. The van der Waals surface area contributed by atoms with E-state index in [1.807, 2.05) is 42.8 Å². The summed E-state index contributed by atoms with van der Waals surface area (Å²) in [5.74, 6) is 0.187. The first-order valence-corrected chi connectivity index (χ1v) is 11.5. The number of methoxy groups -OCH3 is 2. The Kier molecular flexibility index (Phi) is 5.52. The highest BCUT2D eigenvalue weighted by atomic mass is 32.1. The minimum Gasteiger partial charge on any atom is -0.495 e. The summed E-state index contributed by atoms with van der Waals surface area (Å²) in [5, 5.41) is 0.379. The fourth-order valence-corrected chi connectivity index (χ4v) is 5.32. The number of aromatic amines is 1. The van der Waals surface area contributed by atoms with Crippen LogP contribution in [0.15, 0.2) is 58.5 Å². The van der Waals surface area contributed by atoms with Gasteiger partial charge in [-0.1, -0.05) is 6.07 Å². The predicted octanol–water partition coefficient (Wildman–Crippen LogP) is 4.37. The summed E-state index contributed by atoms with van der Waals surface area (Å²) in [6, 6.07) is 9.40. The third-order valence-electron chi connectivity index (χ3n) is 5.80. The van der Waals surface area contributed by atoms with Gasteiger partial charge in [0.25, 0.3) is 5.56 Å². The maximum atomic E-state index is 13.7. The molecule has 0 amide bonds. The summed E-state index contributed by atoms with van der Waals surface area (Å²) in [5.41, 5.74) is 2.29. The molecule has 5 aromatic rings. The number of aromatic nitrogens is 4. The van der Waals surface area contributed by atoms with Gasteiger partial charge >= 0.3 is 5.69 Å². The van der Waals surface area contributed by atoms with Gasteiger partial charge in [-0.15, -0.1) is 11.3 Å². The van der Waals surface area contributed by atoms with Gasteiger partial charge in [-0.2, -0.15) is 0 Å². The number of thiophene rings is 1. The SMILES string of the molecule is COc1cc(-c2sc3[nH]c(=O)n(-c4ccc(F)cc4OC)c(=O)c3c2C)ccc1-n1cnc(C)c1. The lowest BCUT2D eigenvalue weighted by Crippen LogP contribution is -2.33. The lowest BCUT2D eigenvalue weighted by Gasteiger charge is -2.11. The fourth-order valence-electron chi connectivity index (χ4n) is 4.13. The van der Waals surface area contributed by atoms with E-state index < -0.39 is 17.1 Å². The topological polar surface area (TPSA) is 91.1 Å². The molecule has 0 bridgehead atoms. The van der Waals surface area contributed by atoms with Gasteiger partial charge in [0.1, 0.15) is 22.1 Å². The van der Waals surface area contributed by atoms with Gasteiger partial charge in [-0.25, -0.2) is 18.7 Å². The Labute approximate surface area is 202 Å². The number of fused-ring (bicyclic) bond motifs is 1. The monoisotopic (exact) mass is 492 g/mol. The zero-order valence-electron chi connectivity index (χ0n) is 19.4. The van der Waals surface area contributed by atoms with E-state index >= 15 is 0 Å². The van der Waals surface area contributed by atoms with Crippen LogP contribution < -0.4 is 20.7 Å². The zero-order chi connectivity index (χ0) is 24.9. The minimum absolute atomic E-state index is 0.0834. The van der Waals surface area contributed by atoms with Crippen molar-refractivity contribution in [1.29, 1.82) is 0 Å². The van der Waals surface area contributed by atoms with Crippen LogP contribution in [0.5, 0.6) is 11.5 Å². The Morgan fingerprint density at radius 1 is 1.00 bits per heavy atom. The molecule has 1 N–H and O–H groups in total. The molecule has 0 spiro atoms. The van der Waals surface area contributed by atoms with Crippen molar-refractivity contribution in [2.24, 2.45) is 0 Å². The molecule has 0 radical (unpaired) electrons. The van der Waals surface area contributed by atoms with E-state index in [0.29, 0.717) is 21.5 Å². The average molecular weight is 493 g/mol. The third-order valence-corrected chi connectivity index (χ3v) is 7.06. The van der Waals surface area contributed by atoms with E-state index in [1.165, 1.54) is 30.6 Å². The Balaban J connectivity index is 1.69. The van der Waals surface area contributed by atoms with Crippen LogP contribution in [0.1, 0.15) is 11.3 Å². The molecule has 8 nitrogen and oxygen atoms in total. The summed E-state index contributed by atoms with van der Waals surface area (Å²) >= 11 is 1.31. The Hall–Kier alpha value is -4.18. The van der Waals surface area contributed by atoms with Crippen molar-refractivity contribution in [2.75, 3.05) is 14.2 Å². The first-order chi connectivity index (χ1) is 16.8. The Bertz CT molecular complexity index is 1710. The number of halogens is 1. The summed E-state index contributed by atoms with van der Waals surface area (Å²) in [7, 11) is 2.95. The number of nitrogens with zero attached hydrogens (tertiary/aromatic N) is 3. The van der Waals surface area contributed by atoms with Crippen LogP contribution in [-0.4, -0.2) is 33.3 Å². The van der Waals surface area contributed by atoms with Crippen LogP contribution >= 0.6 is 11.3 Å². The quantitative estimate of drug-likeness (QED) is 0.394. The number of H-pyrrole nitrogens is 1. The number of benzene rings is 2. The molecule has 0 aliphatic heterocycles. The van der Waals surface area contributed by atoms with Crippen LogP contribution in [0.4, 0.5) is 4.39 Å². The standard InChI is InChI=1S/C25H21FN4O4S/c1-13-11-29(12-27-13)17-7-5-15(9-19(17)33-3)22-14(2)21-23(35-22)28-25(32)30(24(21)31)18-8-6-16(26)10-20(18)34-4/h5-12H,1-4H3,(H,28,32). The van der Waals surface area contributed by atoms with Crippen LogP contribution in [0.2, 0.25) is 0 Å². The molecule has 0 atom stereocenters. The van der Waals surface area contributed by atoms with Crippen molar-refractivity contribution < 1.29 is 13.9 Å². The van der Waals surface area contributed by atoms with Crippen LogP contribution in [0, 0.1) is 19.7 Å².